The summed E-state index contributed by atoms with van der Waals surface area (Å²) in [6, 6.07) is 0. The molecule has 1 rings (SSSR count). The predicted molar refractivity (Wildman–Crippen MR) is 99.0 cm³/mol. The lowest BCUT2D eigenvalue weighted by Crippen LogP contribution is -2.74. The minimum atomic E-state index is -1.91. The molecular formula is C19H38O8. The Hall–Kier alpha value is -0.320. The molecule has 1 aliphatic rings. The van der Waals surface area contributed by atoms with Gasteiger partial charge in [-0.15, -0.1) is 0 Å². The Morgan fingerprint density at radius 3 is 2.11 bits per heavy atom. The third kappa shape index (κ3) is 5.83. The first-order valence-electron chi connectivity index (χ1n) is 10.1. The van der Waals surface area contributed by atoms with E-state index in [-0.39, 0.29) is 19.4 Å². The Bertz CT molecular complexity index is 409. The van der Waals surface area contributed by atoms with Crippen LogP contribution in [0.5, 0.6) is 0 Å². The quantitative estimate of drug-likeness (QED) is 0.241. The Morgan fingerprint density at radius 1 is 1.00 bits per heavy atom. The maximum atomic E-state index is 11.5. The van der Waals surface area contributed by atoms with Crippen LogP contribution < -0.4 is 0 Å². The van der Waals surface area contributed by atoms with Crippen molar-refractivity contribution in [2.75, 3.05) is 19.8 Å². The van der Waals surface area contributed by atoms with Gasteiger partial charge in [-0.3, -0.25) is 0 Å². The molecule has 0 saturated carbocycles. The number of aliphatic hydroxyl groups excluding tert-OH is 5. The van der Waals surface area contributed by atoms with Crippen molar-refractivity contribution in [3.05, 3.63) is 0 Å². The van der Waals surface area contributed by atoms with E-state index in [4.69, 9.17) is 14.6 Å². The second kappa shape index (κ2) is 11.6. The highest BCUT2D eigenvalue weighted by atomic mass is 16.7. The van der Waals surface area contributed by atoms with Crippen LogP contribution in [-0.2, 0) is 9.47 Å². The van der Waals surface area contributed by atoms with Gasteiger partial charge in [-0.1, -0.05) is 46.0 Å². The van der Waals surface area contributed by atoms with Gasteiger partial charge in [0.2, 0.25) is 5.79 Å². The van der Waals surface area contributed by atoms with Crippen LogP contribution in [0.15, 0.2) is 0 Å². The molecule has 6 atom stereocenters. The van der Waals surface area contributed by atoms with Crippen LogP contribution in [0.3, 0.4) is 0 Å². The average Bonchev–Trinajstić information content (AvgIpc) is 2.67. The fourth-order valence-electron chi connectivity index (χ4n) is 3.65. The molecular weight excluding hydrogens is 356 g/mol. The monoisotopic (exact) mass is 394 g/mol. The van der Waals surface area contributed by atoms with Crippen molar-refractivity contribution in [2.45, 2.75) is 101 Å². The summed E-state index contributed by atoms with van der Waals surface area (Å²) >= 11 is 0. The Labute approximate surface area is 161 Å². The fourth-order valence-corrected chi connectivity index (χ4v) is 3.65. The minimum Gasteiger partial charge on any atom is -0.394 e. The zero-order valence-corrected chi connectivity index (χ0v) is 16.6. The van der Waals surface area contributed by atoms with Crippen LogP contribution >= 0.6 is 0 Å². The van der Waals surface area contributed by atoms with Gasteiger partial charge in [0.15, 0.2) is 0 Å². The molecule has 8 nitrogen and oxygen atoms in total. The lowest BCUT2D eigenvalue weighted by atomic mass is 9.74. The van der Waals surface area contributed by atoms with Crippen LogP contribution in [0.25, 0.3) is 0 Å². The molecule has 8 heteroatoms. The third-order valence-electron chi connectivity index (χ3n) is 5.37. The molecule has 1 saturated heterocycles. The highest BCUT2D eigenvalue weighted by molar-refractivity contribution is 5.08. The largest absolute Gasteiger partial charge is 0.394 e. The number of hydrogen-bond acceptors (Lipinski definition) is 8. The van der Waals surface area contributed by atoms with E-state index in [0.29, 0.717) is 12.8 Å². The number of rotatable bonds is 13. The van der Waals surface area contributed by atoms with Crippen molar-refractivity contribution >= 4 is 0 Å². The highest BCUT2D eigenvalue weighted by Gasteiger charge is 2.63. The van der Waals surface area contributed by atoms with E-state index in [9.17, 15) is 25.5 Å². The molecule has 6 N–H and O–H groups in total. The molecule has 0 radical (unpaired) electrons. The van der Waals surface area contributed by atoms with Crippen LogP contribution in [-0.4, -0.2) is 86.3 Å². The first kappa shape index (κ1) is 24.7. The summed E-state index contributed by atoms with van der Waals surface area (Å²) in [7, 11) is 0. The standard InChI is InChI=1S/C19H38O8/c1-3-5-7-9-18(25)17(24)16(23)15(12-21)27-19(18,10-8-6-4-2)26-13-14(22)11-20/h14-17,20-25H,3-13H2,1-2H3/t14-,15-,16+,17+,18-,19-/m1/s1. The van der Waals surface area contributed by atoms with E-state index >= 15 is 0 Å². The van der Waals surface area contributed by atoms with Gasteiger partial charge in [-0.2, -0.15) is 0 Å². The Kier molecular flexibility index (Phi) is 10.6. The molecule has 0 unspecified atom stereocenters. The van der Waals surface area contributed by atoms with Crippen LogP contribution in [0.4, 0.5) is 0 Å². The first-order valence-corrected chi connectivity index (χ1v) is 10.1. The SMILES string of the molecule is CCCCC[C@@]1(OC[C@H](O)CO)O[C@H](CO)[C@H](O)[C@H](O)[C@]1(O)CCCCC. The van der Waals surface area contributed by atoms with Crippen LogP contribution in [0, 0.1) is 0 Å². The van der Waals surface area contributed by atoms with E-state index in [1.54, 1.807) is 0 Å². The maximum Gasteiger partial charge on any atom is 0.200 e. The zero-order chi connectivity index (χ0) is 20.5. The third-order valence-corrected chi connectivity index (χ3v) is 5.37. The number of ether oxygens (including phenoxy) is 2. The summed E-state index contributed by atoms with van der Waals surface area (Å²) in [5.41, 5.74) is -1.91. The smallest absolute Gasteiger partial charge is 0.200 e. The average molecular weight is 395 g/mol. The van der Waals surface area contributed by atoms with Crippen molar-refractivity contribution in [2.24, 2.45) is 0 Å². The van der Waals surface area contributed by atoms with Gasteiger partial charge in [0.1, 0.15) is 30.0 Å². The van der Waals surface area contributed by atoms with Crippen molar-refractivity contribution < 1.29 is 40.1 Å². The highest BCUT2D eigenvalue weighted by Crippen LogP contribution is 2.45. The van der Waals surface area contributed by atoms with Gasteiger partial charge < -0.3 is 40.1 Å². The summed E-state index contributed by atoms with van der Waals surface area (Å²) in [4.78, 5) is 0. The van der Waals surface area contributed by atoms with Crippen molar-refractivity contribution in [1.82, 2.24) is 0 Å². The predicted octanol–water partition coefficient (Wildman–Crippen LogP) is 0.0571. The number of unbranched alkanes of at least 4 members (excludes halogenated alkanes) is 4. The second-order valence-corrected chi connectivity index (χ2v) is 7.51. The van der Waals surface area contributed by atoms with E-state index in [1.807, 2.05) is 13.8 Å². The lowest BCUT2D eigenvalue weighted by molar-refractivity contribution is -0.408. The summed E-state index contributed by atoms with van der Waals surface area (Å²) in [5.74, 6) is -1.70. The number of aliphatic hydroxyl groups is 6. The minimum absolute atomic E-state index is 0.137. The van der Waals surface area contributed by atoms with Crippen molar-refractivity contribution in [1.29, 1.82) is 0 Å². The molecule has 27 heavy (non-hydrogen) atoms. The molecule has 162 valence electrons. The van der Waals surface area contributed by atoms with Gasteiger partial charge in [-0.25, -0.2) is 0 Å². The van der Waals surface area contributed by atoms with Crippen molar-refractivity contribution in [3.63, 3.8) is 0 Å². The van der Waals surface area contributed by atoms with Crippen LogP contribution in [0.1, 0.15) is 65.2 Å². The molecule has 0 spiro atoms. The topological polar surface area (TPSA) is 140 Å². The lowest BCUT2D eigenvalue weighted by Gasteiger charge is -2.55. The zero-order valence-electron chi connectivity index (χ0n) is 16.6. The van der Waals surface area contributed by atoms with E-state index in [1.165, 1.54) is 0 Å². The first-order chi connectivity index (χ1) is 12.8. The Morgan fingerprint density at radius 2 is 1.59 bits per heavy atom. The van der Waals surface area contributed by atoms with Gasteiger partial charge in [0.05, 0.1) is 19.8 Å². The molecule has 0 bridgehead atoms. The van der Waals surface area contributed by atoms with Gasteiger partial charge in [-0.05, 0) is 12.8 Å². The van der Waals surface area contributed by atoms with Crippen molar-refractivity contribution in [3.8, 4) is 0 Å². The molecule has 1 aliphatic heterocycles. The summed E-state index contributed by atoms with van der Waals surface area (Å²) < 4.78 is 11.7. The summed E-state index contributed by atoms with van der Waals surface area (Å²) in [6.45, 7) is 2.66. The molecule has 0 aromatic rings. The Balaban J connectivity index is 3.22. The summed E-state index contributed by atoms with van der Waals surface area (Å²) in [5, 5.41) is 60.9. The van der Waals surface area contributed by atoms with Gasteiger partial charge in [0, 0.05) is 6.42 Å². The molecule has 1 fully saturated rings. The number of hydrogen-bond donors (Lipinski definition) is 6. The molecule has 0 aromatic heterocycles. The fraction of sp³-hybridized carbons (Fsp3) is 1.00. The molecule has 0 aromatic carbocycles. The molecule has 0 aliphatic carbocycles. The van der Waals surface area contributed by atoms with E-state index in [0.717, 1.165) is 25.7 Å². The van der Waals surface area contributed by atoms with E-state index in [2.05, 4.69) is 0 Å². The van der Waals surface area contributed by atoms with Crippen LogP contribution in [0.2, 0.25) is 0 Å². The normalized spacial score (nSPS) is 35.3. The summed E-state index contributed by atoms with van der Waals surface area (Å²) in [6.07, 6.45) is -0.286. The molecule has 0 amide bonds. The van der Waals surface area contributed by atoms with Gasteiger partial charge in [0.25, 0.3) is 0 Å². The van der Waals surface area contributed by atoms with E-state index < -0.39 is 49.0 Å². The second-order valence-electron chi connectivity index (χ2n) is 7.51. The molecule has 1 heterocycles. The van der Waals surface area contributed by atoms with Gasteiger partial charge >= 0.3 is 0 Å². The maximum absolute atomic E-state index is 11.5.